The van der Waals surface area contributed by atoms with Crippen molar-refractivity contribution in [3.8, 4) is 0 Å². The lowest BCUT2D eigenvalue weighted by Crippen LogP contribution is -2.61. The van der Waals surface area contributed by atoms with Crippen molar-refractivity contribution in [3.63, 3.8) is 0 Å². The van der Waals surface area contributed by atoms with Crippen molar-refractivity contribution in [1.29, 1.82) is 0 Å². The summed E-state index contributed by atoms with van der Waals surface area (Å²) in [6.45, 7) is 8.79. The molecule has 0 saturated heterocycles. The molecule has 1 heterocycles. The van der Waals surface area contributed by atoms with Gasteiger partial charge in [0.05, 0.1) is 12.4 Å². The van der Waals surface area contributed by atoms with Crippen LogP contribution in [0.3, 0.4) is 0 Å². The van der Waals surface area contributed by atoms with Gasteiger partial charge in [0.1, 0.15) is 42.4 Å². The van der Waals surface area contributed by atoms with Crippen molar-refractivity contribution >= 4 is 59.2 Å². The van der Waals surface area contributed by atoms with Crippen molar-refractivity contribution in [3.05, 3.63) is 54.1 Å². The first kappa shape index (κ1) is 63.7. The Morgan fingerprint density at radius 1 is 0.640 bits per heavy atom. The number of aromatic amines is 1. The van der Waals surface area contributed by atoms with Crippen LogP contribution in [0.4, 0.5) is 0 Å². The van der Waals surface area contributed by atoms with Crippen molar-refractivity contribution in [2.45, 2.75) is 153 Å². The second-order valence-corrected chi connectivity index (χ2v) is 18.7. The molecule has 75 heavy (non-hydrogen) atoms. The number of unbranched alkanes of at least 4 members (excludes halogenated alkanes) is 1. The van der Waals surface area contributed by atoms with Gasteiger partial charge in [0.15, 0.2) is 18.0 Å². The van der Waals surface area contributed by atoms with Gasteiger partial charge in [0.2, 0.25) is 41.4 Å². The molecular formula is C48H81N17O10. The van der Waals surface area contributed by atoms with Crippen LogP contribution in [0.25, 0.3) is 0 Å². The van der Waals surface area contributed by atoms with E-state index in [1.165, 1.54) is 31.6 Å². The highest BCUT2D eigenvalue weighted by molar-refractivity contribution is 5.97. The first-order chi connectivity index (χ1) is 35.5. The number of carboxylic acids is 1. The van der Waals surface area contributed by atoms with Gasteiger partial charge in [0, 0.05) is 31.4 Å². The number of aliphatic imine (C=N–C) groups is 2. The highest BCUT2D eigenvalue weighted by Crippen LogP contribution is 2.19. The summed E-state index contributed by atoms with van der Waals surface area (Å²) < 4.78 is 0. The maximum Gasteiger partial charge on any atom is 0.329 e. The Balaban J connectivity index is 2.44. The number of carboxylic acid groups (broad SMARTS) is 1. The molecule has 0 unspecified atom stereocenters. The monoisotopic (exact) mass is 1060 g/mol. The minimum absolute atomic E-state index is 0.0395. The van der Waals surface area contributed by atoms with Gasteiger partial charge in [-0.1, -0.05) is 64.4 Å². The summed E-state index contributed by atoms with van der Waals surface area (Å²) in [5.41, 5.74) is 34.8. The molecular weight excluding hydrogens is 975 g/mol. The number of nitrogens with two attached hydrogens (primary N) is 6. The fourth-order valence-corrected chi connectivity index (χ4v) is 7.55. The molecule has 418 valence electrons. The topological polar surface area (TPSA) is 471 Å². The number of hydrogen-bond donors (Lipinski definition) is 16. The number of aliphatic hydroxyl groups is 1. The molecule has 7 amide bonds. The molecule has 2 rings (SSSR count). The summed E-state index contributed by atoms with van der Waals surface area (Å²) in [6, 6.07) is -2.66. The number of carbonyl (C=O) groups is 8. The van der Waals surface area contributed by atoms with E-state index in [1.54, 1.807) is 45.9 Å². The SMILES string of the molecule is CC[C@H](C)[C@H](NC(=O)[C@H](CC(C)C)NC(=O)[C@H](CCCN=C(N)N)NC(=O)[C@H](CCCN=C(N)N)NC(=O)[C@H](CCCCN)NC(=O)[C@H](C)NC(=O)[C@@H](N)Cc1cnc[nH]1)C(=O)N[C@@H](C(=O)O)[C@@H](O)c1ccccc1. The number of benzene rings is 1. The van der Waals surface area contributed by atoms with E-state index in [0.29, 0.717) is 25.0 Å². The lowest BCUT2D eigenvalue weighted by Gasteiger charge is -2.30. The van der Waals surface area contributed by atoms with E-state index in [9.17, 15) is 48.6 Å². The lowest BCUT2D eigenvalue weighted by molar-refractivity contribution is -0.146. The molecule has 0 radical (unpaired) electrons. The van der Waals surface area contributed by atoms with Crippen LogP contribution in [0.5, 0.6) is 0 Å². The lowest BCUT2D eigenvalue weighted by atomic mass is 9.95. The fraction of sp³-hybridized carbons (Fsp3) is 0.604. The first-order valence-corrected chi connectivity index (χ1v) is 25.1. The maximum absolute atomic E-state index is 14.4. The van der Waals surface area contributed by atoms with Crippen LogP contribution in [0.15, 0.2) is 52.8 Å². The Bertz CT molecular complexity index is 2190. The van der Waals surface area contributed by atoms with E-state index in [0.717, 1.165) is 0 Å². The van der Waals surface area contributed by atoms with E-state index >= 15 is 0 Å². The number of aliphatic hydroxyl groups excluding tert-OH is 1. The average Bonchev–Trinajstić information content (AvgIpc) is 3.88. The van der Waals surface area contributed by atoms with Crippen LogP contribution in [0.1, 0.15) is 110 Å². The van der Waals surface area contributed by atoms with Crippen LogP contribution in [0, 0.1) is 11.8 Å². The van der Waals surface area contributed by atoms with E-state index < -0.39 is 108 Å². The molecule has 1 aromatic carbocycles. The van der Waals surface area contributed by atoms with E-state index in [4.69, 9.17) is 34.4 Å². The molecule has 2 aromatic rings. The summed E-state index contributed by atoms with van der Waals surface area (Å²) >= 11 is 0. The zero-order valence-electron chi connectivity index (χ0n) is 43.6. The van der Waals surface area contributed by atoms with Crippen LogP contribution in [-0.2, 0) is 44.8 Å². The number of H-pyrrole nitrogens is 1. The number of aliphatic carboxylic acids is 1. The Kier molecular flexibility index (Phi) is 28.4. The summed E-state index contributed by atoms with van der Waals surface area (Å²) in [5, 5.41) is 39.3. The zero-order valence-corrected chi connectivity index (χ0v) is 43.6. The second kappa shape index (κ2) is 33.4. The van der Waals surface area contributed by atoms with Crippen molar-refractivity contribution < 1.29 is 48.6 Å². The molecule has 0 aliphatic carbocycles. The number of nitrogens with one attached hydrogen (secondary N) is 8. The molecule has 0 fully saturated rings. The van der Waals surface area contributed by atoms with Gasteiger partial charge >= 0.3 is 5.97 Å². The van der Waals surface area contributed by atoms with E-state index in [-0.39, 0.29) is 88.0 Å². The average molecular weight is 1060 g/mol. The predicted molar refractivity (Wildman–Crippen MR) is 280 cm³/mol. The minimum Gasteiger partial charge on any atom is -0.480 e. The highest BCUT2D eigenvalue weighted by Gasteiger charge is 2.37. The maximum atomic E-state index is 14.4. The third-order valence-electron chi connectivity index (χ3n) is 12.0. The normalized spacial score (nSPS) is 15.1. The predicted octanol–water partition coefficient (Wildman–Crippen LogP) is -3.16. The number of aromatic nitrogens is 2. The van der Waals surface area contributed by atoms with Crippen molar-refractivity contribution in [2.75, 3.05) is 19.6 Å². The number of rotatable bonds is 35. The first-order valence-electron chi connectivity index (χ1n) is 25.1. The molecule has 0 bridgehead atoms. The standard InChI is InChI=1S/C48H81N17O10/c1-6-27(4)36(45(73)65-37(46(74)75)38(66)29-14-8-7-9-15-29)64-44(72)35(22-26(2)3)63-43(71)34(18-13-21-57-48(53)54)62-42(70)33(17-12-20-56-47(51)52)61-41(69)32(16-10-11-19-49)60-39(67)28(5)59-40(68)31(50)23-30-24-55-25-58-30/h7-9,14-15,24-28,31-38,66H,6,10-13,16-23,49-50H2,1-5H3,(H,55,58)(H,59,68)(H,60,67)(H,61,69)(H,62,70)(H,63,71)(H,64,72)(H,65,73)(H,74,75)(H4,51,52,56)(H4,53,54,57)/t27-,28-,31-,32-,33-,34-,35-,36-,37+,38-/m0/s1. The van der Waals surface area contributed by atoms with Gasteiger partial charge in [-0.2, -0.15) is 0 Å². The summed E-state index contributed by atoms with van der Waals surface area (Å²) in [6.07, 6.45) is 2.94. The number of nitrogens with zero attached hydrogens (tertiary/aromatic N) is 3. The fourth-order valence-electron chi connectivity index (χ4n) is 7.55. The molecule has 27 heteroatoms. The van der Waals surface area contributed by atoms with Crippen LogP contribution >= 0.6 is 0 Å². The quantitative estimate of drug-likeness (QED) is 0.0184. The summed E-state index contributed by atoms with van der Waals surface area (Å²) in [7, 11) is 0. The number of guanidine groups is 2. The van der Waals surface area contributed by atoms with E-state index in [1.807, 2.05) is 0 Å². The van der Waals surface area contributed by atoms with Crippen LogP contribution < -0.4 is 71.6 Å². The largest absolute Gasteiger partial charge is 0.480 e. The Hall–Kier alpha value is -7.39. The Morgan fingerprint density at radius 2 is 1.13 bits per heavy atom. The number of imidazole rings is 1. The molecule has 0 aliphatic heterocycles. The summed E-state index contributed by atoms with van der Waals surface area (Å²) in [5.74, 6) is -8.21. The number of amides is 7. The van der Waals surface area contributed by atoms with Gasteiger partial charge in [-0.05, 0) is 82.2 Å². The number of hydrogen-bond acceptors (Lipinski definition) is 14. The third kappa shape index (κ3) is 23.6. The third-order valence-corrected chi connectivity index (χ3v) is 12.0. The molecule has 27 nitrogen and oxygen atoms in total. The van der Waals surface area contributed by atoms with Gasteiger partial charge in [-0.15, -0.1) is 0 Å². The Labute approximate surface area is 437 Å². The second-order valence-electron chi connectivity index (χ2n) is 18.7. The molecule has 0 spiro atoms. The molecule has 0 aliphatic rings. The van der Waals surface area contributed by atoms with E-state index in [2.05, 4.69) is 57.2 Å². The highest BCUT2D eigenvalue weighted by atomic mass is 16.4. The summed E-state index contributed by atoms with van der Waals surface area (Å²) in [4.78, 5) is 124. The molecule has 1 aromatic heterocycles. The smallest absolute Gasteiger partial charge is 0.329 e. The van der Waals surface area contributed by atoms with Crippen LogP contribution in [0.2, 0.25) is 0 Å². The van der Waals surface area contributed by atoms with Gasteiger partial charge in [0.25, 0.3) is 0 Å². The van der Waals surface area contributed by atoms with Crippen LogP contribution in [-0.4, -0.2) is 147 Å². The minimum atomic E-state index is -1.79. The van der Waals surface area contributed by atoms with Gasteiger partial charge in [-0.25, -0.2) is 9.78 Å². The van der Waals surface area contributed by atoms with Crippen molar-refractivity contribution in [1.82, 2.24) is 47.2 Å². The number of carbonyl (C=O) groups excluding carboxylic acids is 7. The van der Waals surface area contributed by atoms with Gasteiger partial charge < -0.3 is 86.8 Å². The van der Waals surface area contributed by atoms with Gasteiger partial charge in [-0.3, -0.25) is 43.5 Å². The zero-order chi connectivity index (χ0) is 56.2. The molecule has 10 atom stereocenters. The molecule has 0 saturated carbocycles. The Morgan fingerprint density at radius 3 is 1.60 bits per heavy atom. The van der Waals surface area contributed by atoms with Crippen molar-refractivity contribution in [2.24, 2.45) is 56.2 Å². The molecule has 22 N–H and O–H groups in total.